The maximum atomic E-state index is 8.95. The van der Waals surface area contributed by atoms with Gasteiger partial charge in [0.15, 0.2) is 0 Å². The zero-order chi connectivity index (χ0) is 11.2. The summed E-state index contributed by atoms with van der Waals surface area (Å²) in [5, 5.41) is 1.65. The maximum Gasteiger partial charge on any atom is 0.353 e. The van der Waals surface area contributed by atoms with Crippen LogP contribution in [0.2, 0.25) is 5.02 Å². The van der Waals surface area contributed by atoms with E-state index >= 15 is 0 Å². The quantitative estimate of drug-likeness (QED) is 0.490. The van der Waals surface area contributed by atoms with Gasteiger partial charge >= 0.3 is 9.33 Å². The van der Waals surface area contributed by atoms with E-state index in [4.69, 9.17) is 24.6 Å². The van der Waals surface area contributed by atoms with Crippen molar-refractivity contribution in [1.29, 1.82) is 0 Å². The van der Waals surface area contributed by atoms with Gasteiger partial charge < -0.3 is 0 Å². The Hall–Kier alpha value is 0.190. The standard InChI is InChI=1S/C7H6BrCl.ClHO3S/c8-5-6-3-1-2-4-7(6)9;1-5(2,3)4/h1-4H,5H2;(H,2,3,4). The van der Waals surface area contributed by atoms with Gasteiger partial charge in [0, 0.05) is 21.0 Å². The minimum Gasteiger partial charge on any atom is -0.273 e. The summed E-state index contributed by atoms with van der Waals surface area (Å²) in [6, 6.07) is 7.78. The molecule has 1 N–H and O–H groups in total. The fraction of sp³-hybridized carbons (Fsp3) is 0.143. The third-order valence-corrected chi connectivity index (χ3v) is 2.07. The molecule has 80 valence electrons. The molecule has 0 saturated carbocycles. The molecule has 1 rings (SSSR count). The van der Waals surface area contributed by atoms with Gasteiger partial charge in [-0.3, -0.25) is 4.55 Å². The van der Waals surface area contributed by atoms with Crippen LogP contribution < -0.4 is 0 Å². The molecule has 1 aromatic rings. The average molecular weight is 322 g/mol. The SMILES string of the molecule is Clc1ccccc1CBr.O=S(=O)(O)Cl. The van der Waals surface area contributed by atoms with E-state index in [-0.39, 0.29) is 0 Å². The van der Waals surface area contributed by atoms with Crippen LogP contribution in [0.15, 0.2) is 24.3 Å². The molecule has 0 spiro atoms. The maximum absolute atomic E-state index is 8.95. The highest BCUT2D eigenvalue weighted by Gasteiger charge is 1.92. The lowest BCUT2D eigenvalue weighted by molar-refractivity contribution is 0.501. The number of hydrogen-bond donors (Lipinski definition) is 1. The smallest absolute Gasteiger partial charge is 0.273 e. The van der Waals surface area contributed by atoms with Crippen LogP contribution >= 0.6 is 38.2 Å². The van der Waals surface area contributed by atoms with Gasteiger partial charge in [-0.2, -0.15) is 8.42 Å². The Kier molecular flexibility index (Phi) is 6.72. The summed E-state index contributed by atoms with van der Waals surface area (Å²) in [5.74, 6) is 0. The predicted molar refractivity (Wildman–Crippen MR) is 61.5 cm³/mol. The zero-order valence-electron chi connectivity index (χ0n) is 6.82. The molecule has 0 saturated heterocycles. The van der Waals surface area contributed by atoms with E-state index in [2.05, 4.69) is 26.6 Å². The summed E-state index contributed by atoms with van der Waals surface area (Å²) in [7, 11) is -0.137. The summed E-state index contributed by atoms with van der Waals surface area (Å²) in [6.45, 7) is 0. The van der Waals surface area contributed by atoms with Gasteiger partial charge in [0.2, 0.25) is 0 Å². The number of hydrogen-bond acceptors (Lipinski definition) is 2. The molecular formula is C7H7BrCl2O3S. The second-order valence-electron chi connectivity index (χ2n) is 2.14. The molecule has 3 nitrogen and oxygen atoms in total. The van der Waals surface area contributed by atoms with Crippen LogP contribution in [0, 0.1) is 0 Å². The van der Waals surface area contributed by atoms with Crippen molar-refractivity contribution in [3.63, 3.8) is 0 Å². The summed E-state index contributed by atoms with van der Waals surface area (Å²) >= 11 is 9.12. The molecular weight excluding hydrogens is 315 g/mol. The molecule has 1 aromatic carbocycles. The van der Waals surface area contributed by atoms with E-state index in [1.165, 1.54) is 0 Å². The Morgan fingerprint density at radius 3 is 2.07 bits per heavy atom. The van der Waals surface area contributed by atoms with Gasteiger partial charge in [-0.05, 0) is 11.6 Å². The number of halogens is 3. The van der Waals surface area contributed by atoms with Crippen LogP contribution in [-0.2, 0) is 14.7 Å². The van der Waals surface area contributed by atoms with E-state index in [1.54, 1.807) is 0 Å². The van der Waals surface area contributed by atoms with Crippen molar-refractivity contribution in [3.05, 3.63) is 34.9 Å². The van der Waals surface area contributed by atoms with Gasteiger partial charge in [-0.15, -0.1) is 0 Å². The van der Waals surface area contributed by atoms with Gasteiger partial charge in [-0.1, -0.05) is 45.7 Å². The Bertz CT molecular complexity index is 372. The minimum absolute atomic E-state index is 0.826. The summed E-state index contributed by atoms with van der Waals surface area (Å²) in [5.41, 5.74) is 1.14. The molecule has 0 radical (unpaired) electrons. The van der Waals surface area contributed by atoms with E-state index in [0.29, 0.717) is 0 Å². The number of rotatable bonds is 1. The lowest BCUT2D eigenvalue weighted by atomic mass is 10.2. The molecule has 0 atom stereocenters. The fourth-order valence-corrected chi connectivity index (χ4v) is 1.46. The summed E-state index contributed by atoms with van der Waals surface area (Å²) in [6.07, 6.45) is 0. The highest BCUT2D eigenvalue weighted by molar-refractivity contribution is 9.08. The molecule has 7 heteroatoms. The van der Waals surface area contributed by atoms with Crippen LogP contribution in [0.4, 0.5) is 0 Å². The zero-order valence-corrected chi connectivity index (χ0v) is 10.7. The van der Waals surface area contributed by atoms with Gasteiger partial charge in [0.05, 0.1) is 0 Å². The Morgan fingerprint density at radius 2 is 1.79 bits per heavy atom. The van der Waals surface area contributed by atoms with Crippen LogP contribution in [0.25, 0.3) is 0 Å². The molecule has 0 fully saturated rings. The minimum atomic E-state index is -4.19. The second-order valence-corrected chi connectivity index (χ2v) is 5.10. The van der Waals surface area contributed by atoms with Crippen molar-refractivity contribution < 1.29 is 13.0 Å². The lowest BCUT2D eigenvalue weighted by Gasteiger charge is -1.95. The molecule has 0 aliphatic rings. The van der Waals surface area contributed by atoms with Crippen LogP contribution in [0.3, 0.4) is 0 Å². The molecule has 0 aliphatic heterocycles. The Labute approximate surface area is 100 Å². The highest BCUT2D eigenvalue weighted by Crippen LogP contribution is 2.16. The predicted octanol–water partition coefficient (Wildman–Crippen LogP) is 3.26. The molecule has 14 heavy (non-hydrogen) atoms. The highest BCUT2D eigenvalue weighted by atomic mass is 79.9. The first-order valence-corrected chi connectivity index (χ1v) is 7.07. The second kappa shape index (κ2) is 6.63. The van der Waals surface area contributed by atoms with Crippen LogP contribution in [0.1, 0.15) is 5.56 Å². The van der Waals surface area contributed by atoms with Gasteiger partial charge in [0.25, 0.3) is 0 Å². The van der Waals surface area contributed by atoms with Gasteiger partial charge in [0.1, 0.15) is 0 Å². The average Bonchev–Trinajstić information content (AvgIpc) is 2.02. The van der Waals surface area contributed by atoms with Crippen molar-refractivity contribution in [1.82, 2.24) is 0 Å². The monoisotopic (exact) mass is 320 g/mol. The number of benzene rings is 1. The van der Waals surface area contributed by atoms with Crippen molar-refractivity contribution in [2.24, 2.45) is 0 Å². The molecule has 0 heterocycles. The third kappa shape index (κ3) is 8.77. The van der Waals surface area contributed by atoms with E-state index < -0.39 is 9.33 Å². The van der Waals surface area contributed by atoms with Crippen LogP contribution in [-0.4, -0.2) is 13.0 Å². The first kappa shape index (κ1) is 14.2. The fourth-order valence-electron chi connectivity index (χ4n) is 0.607. The van der Waals surface area contributed by atoms with Crippen molar-refractivity contribution in [2.75, 3.05) is 0 Å². The molecule has 0 aliphatic carbocycles. The Balaban J connectivity index is 0.000000292. The summed E-state index contributed by atoms with van der Waals surface area (Å²) < 4.78 is 25.2. The van der Waals surface area contributed by atoms with Crippen molar-refractivity contribution in [2.45, 2.75) is 5.33 Å². The topological polar surface area (TPSA) is 54.4 Å². The normalized spacial score (nSPS) is 10.3. The van der Waals surface area contributed by atoms with Crippen molar-refractivity contribution >= 4 is 47.5 Å². The summed E-state index contributed by atoms with van der Waals surface area (Å²) in [4.78, 5) is 0. The molecule has 0 bridgehead atoms. The first-order chi connectivity index (χ1) is 6.34. The van der Waals surface area contributed by atoms with Gasteiger partial charge in [-0.25, -0.2) is 0 Å². The number of alkyl halides is 1. The first-order valence-electron chi connectivity index (χ1n) is 3.31. The van der Waals surface area contributed by atoms with Crippen molar-refractivity contribution in [3.8, 4) is 0 Å². The van der Waals surface area contributed by atoms with E-state index in [1.807, 2.05) is 24.3 Å². The molecule has 0 unspecified atom stereocenters. The molecule has 0 aromatic heterocycles. The van der Waals surface area contributed by atoms with E-state index in [0.717, 1.165) is 15.9 Å². The third-order valence-electron chi connectivity index (χ3n) is 1.10. The molecule has 0 amide bonds. The van der Waals surface area contributed by atoms with E-state index in [9.17, 15) is 0 Å². The Morgan fingerprint density at radius 1 is 1.36 bits per heavy atom. The largest absolute Gasteiger partial charge is 0.353 e. The van der Waals surface area contributed by atoms with Crippen LogP contribution in [0.5, 0.6) is 0 Å². The lowest BCUT2D eigenvalue weighted by Crippen LogP contribution is -1.77.